The van der Waals surface area contributed by atoms with Gasteiger partial charge in [0, 0.05) is 15.8 Å². The molecule has 140 valence electrons. The van der Waals surface area contributed by atoms with Gasteiger partial charge in [-0.15, -0.1) is 11.8 Å². The van der Waals surface area contributed by atoms with E-state index in [9.17, 15) is 4.79 Å². The van der Waals surface area contributed by atoms with Gasteiger partial charge in [-0.1, -0.05) is 48.5 Å². The van der Waals surface area contributed by atoms with Crippen molar-refractivity contribution in [3.05, 3.63) is 90.2 Å². The summed E-state index contributed by atoms with van der Waals surface area (Å²) in [7, 11) is 0. The van der Waals surface area contributed by atoms with E-state index in [4.69, 9.17) is 9.15 Å². The fraction of sp³-hybridized carbons (Fsp3) is 0.0870. The lowest BCUT2D eigenvalue weighted by Crippen LogP contribution is -2.14. The van der Waals surface area contributed by atoms with Crippen LogP contribution in [0.15, 0.2) is 88.2 Å². The first-order chi connectivity index (χ1) is 13.8. The number of carbonyl (C=O) groups excluding carboxylic acids is 1. The van der Waals surface area contributed by atoms with Gasteiger partial charge in [-0.05, 0) is 36.6 Å². The number of hydrogen-bond donors (Lipinski definition) is 1. The molecule has 3 aromatic carbocycles. The van der Waals surface area contributed by atoms with Crippen LogP contribution in [0.2, 0.25) is 0 Å². The van der Waals surface area contributed by atoms with Crippen molar-refractivity contribution in [3.8, 4) is 5.75 Å². The average Bonchev–Trinajstić information content (AvgIpc) is 3.12. The van der Waals surface area contributed by atoms with Crippen LogP contribution >= 0.6 is 11.8 Å². The van der Waals surface area contributed by atoms with Crippen molar-refractivity contribution in [1.29, 1.82) is 0 Å². The Labute approximate surface area is 167 Å². The van der Waals surface area contributed by atoms with Crippen LogP contribution in [0.1, 0.15) is 16.1 Å². The highest BCUT2D eigenvalue weighted by atomic mass is 32.2. The molecular weight excluding hydrogens is 370 g/mol. The molecule has 0 spiro atoms. The molecule has 0 aliphatic carbocycles. The molecule has 0 fully saturated rings. The minimum Gasteiger partial charge on any atom is -0.489 e. The number of benzene rings is 3. The maximum absolute atomic E-state index is 13.0. The Balaban J connectivity index is 1.66. The number of hydrogen-bond acceptors (Lipinski definition) is 4. The molecule has 0 saturated heterocycles. The van der Waals surface area contributed by atoms with Crippen molar-refractivity contribution < 1.29 is 13.9 Å². The minimum atomic E-state index is -0.288. The van der Waals surface area contributed by atoms with Crippen LogP contribution in [0.5, 0.6) is 5.75 Å². The third kappa shape index (κ3) is 3.75. The second kappa shape index (κ2) is 8.23. The molecule has 0 aliphatic heterocycles. The van der Waals surface area contributed by atoms with Crippen molar-refractivity contribution in [1.82, 2.24) is 0 Å². The van der Waals surface area contributed by atoms with Gasteiger partial charge in [0.1, 0.15) is 17.9 Å². The number of ether oxygens (including phenoxy) is 1. The van der Waals surface area contributed by atoms with E-state index in [1.807, 2.05) is 85.1 Å². The highest BCUT2D eigenvalue weighted by Crippen LogP contribution is 2.30. The fourth-order valence-corrected chi connectivity index (χ4v) is 3.58. The summed E-state index contributed by atoms with van der Waals surface area (Å²) in [6.45, 7) is 0.244. The second-order valence-electron chi connectivity index (χ2n) is 6.16. The Morgan fingerprint density at radius 2 is 1.68 bits per heavy atom. The zero-order chi connectivity index (χ0) is 19.3. The summed E-state index contributed by atoms with van der Waals surface area (Å²) in [6.07, 6.45) is 1.98. The number of fused-ring (bicyclic) bond motifs is 1. The van der Waals surface area contributed by atoms with Crippen LogP contribution < -0.4 is 10.1 Å². The van der Waals surface area contributed by atoms with Gasteiger partial charge in [0.05, 0.1) is 5.69 Å². The lowest BCUT2D eigenvalue weighted by Gasteiger charge is -2.10. The quantitative estimate of drug-likeness (QED) is 0.412. The normalized spacial score (nSPS) is 10.8. The van der Waals surface area contributed by atoms with E-state index in [0.717, 1.165) is 27.3 Å². The summed E-state index contributed by atoms with van der Waals surface area (Å²) >= 11 is 1.58. The Kier molecular flexibility index (Phi) is 5.35. The molecule has 1 amide bonds. The molecule has 0 unspecified atom stereocenters. The first-order valence-electron chi connectivity index (χ1n) is 8.89. The standard InChI is InChI=1S/C23H19NO3S/c1-28-21-14-8-6-12-19(21)24-23(25)22-18(15-26-16-9-3-2-4-10-16)17-11-5-7-13-20(17)27-22/h2-14H,15H2,1H3,(H,24,25). The van der Waals surface area contributed by atoms with E-state index in [2.05, 4.69) is 5.32 Å². The van der Waals surface area contributed by atoms with Crippen LogP contribution in [-0.2, 0) is 6.61 Å². The lowest BCUT2D eigenvalue weighted by molar-refractivity contribution is 0.0995. The number of nitrogens with one attached hydrogen (secondary N) is 1. The number of carbonyl (C=O) groups is 1. The Bertz CT molecular complexity index is 1110. The zero-order valence-corrected chi connectivity index (χ0v) is 16.2. The van der Waals surface area contributed by atoms with E-state index in [0.29, 0.717) is 5.58 Å². The average molecular weight is 389 g/mol. The van der Waals surface area contributed by atoms with Crippen molar-refractivity contribution in [2.45, 2.75) is 11.5 Å². The molecule has 0 radical (unpaired) electrons. The molecule has 0 saturated carbocycles. The Hall–Kier alpha value is -3.18. The van der Waals surface area contributed by atoms with Crippen molar-refractivity contribution in [2.24, 2.45) is 0 Å². The first-order valence-corrected chi connectivity index (χ1v) is 10.1. The predicted octanol–water partition coefficient (Wildman–Crippen LogP) is 5.99. The molecule has 0 atom stereocenters. The molecular formula is C23H19NO3S. The summed E-state index contributed by atoms with van der Waals surface area (Å²) in [5.74, 6) is 0.726. The third-order valence-electron chi connectivity index (χ3n) is 4.39. The van der Waals surface area contributed by atoms with Gasteiger partial charge in [-0.25, -0.2) is 0 Å². The number of rotatable bonds is 6. The van der Waals surface area contributed by atoms with E-state index >= 15 is 0 Å². The summed E-state index contributed by atoms with van der Waals surface area (Å²) in [5.41, 5.74) is 2.16. The number of amides is 1. The van der Waals surface area contributed by atoms with Crippen LogP contribution in [0.3, 0.4) is 0 Å². The van der Waals surface area contributed by atoms with Crippen LogP contribution in [0.4, 0.5) is 5.69 Å². The highest BCUT2D eigenvalue weighted by Gasteiger charge is 2.21. The van der Waals surface area contributed by atoms with Gasteiger partial charge in [-0.2, -0.15) is 0 Å². The molecule has 4 rings (SSSR count). The van der Waals surface area contributed by atoms with Gasteiger partial charge in [0.25, 0.3) is 5.91 Å². The SMILES string of the molecule is CSc1ccccc1NC(=O)c1oc2ccccc2c1COc1ccccc1. The predicted molar refractivity (Wildman–Crippen MR) is 113 cm³/mol. The molecule has 1 heterocycles. The van der Waals surface area contributed by atoms with E-state index in [-0.39, 0.29) is 18.3 Å². The molecule has 5 heteroatoms. The van der Waals surface area contributed by atoms with Gasteiger partial charge in [-0.3, -0.25) is 4.79 Å². The Morgan fingerprint density at radius 1 is 0.964 bits per heavy atom. The zero-order valence-electron chi connectivity index (χ0n) is 15.3. The number of para-hydroxylation sites is 3. The molecule has 4 aromatic rings. The monoisotopic (exact) mass is 389 g/mol. The summed E-state index contributed by atoms with van der Waals surface area (Å²) in [4.78, 5) is 14.0. The van der Waals surface area contributed by atoms with Gasteiger partial charge in [0.2, 0.25) is 0 Å². The van der Waals surface area contributed by atoms with Gasteiger partial charge >= 0.3 is 0 Å². The maximum Gasteiger partial charge on any atom is 0.291 e. The van der Waals surface area contributed by atoms with Crippen molar-refractivity contribution >= 4 is 34.3 Å². The topological polar surface area (TPSA) is 51.5 Å². The van der Waals surface area contributed by atoms with E-state index < -0.39 is 0 Å². The van der Waals surface area contributed by atoms with Gasteiger partial charge in [0.15, 0.2) is 5.76 Å². The third-order valence-corrected chi connectivity index (χ3v) is 5.18. The number of anilines is 1. The van der Waals surface area contributed by atoms with Gasteiger partial charge < -0.3 is 14.5 Å². The molecule has 1 aromatic heterocycles. The van der Waals surface area contributed by atoms with Crippen LogP contribution in [-0.4, -0.2) is 12.2 Å². The van der Waals surface area contributed by atoms with Crippen molar-refractivity contribution in [2.75, 3.05) is 11.6 Å². The van der Waals surface area contributed by atoms with Crippen LogP contribution in [0.25, 0.3) is 11.0 Å². The van der Waals surface area contributed by atoms with Crippen LogP contribution in [0, 0.1) is 0 Å². The second-order valence-corrected chi connectivity index (χ2v) is 7.01. The van der Waals surface area contributed by atoms with E-state index in [1.54, 1.807) is 11.8 Å². The molecule has 0 bridgehead atoms. The number of thioether (sulfide) groups is 1. The Morgan fingerprint density at radius 3 is 2.50 bits per heavy atom. The highest BCUT2D eigenvalue weighted by molar-refractivity contribution is 7.98. The molecule has 0 aliphatic rings. The smallest absolute Gasteiger partial charge is 0.291 e. The largest absolute Gasteiger partial charge is 0.489 e. The fourth-order valence-electron chi connectivity index (χ4n) is 3.02. The van der Waals surface area contributed by atoms with E-state index in [1.165, 1.54) is 0 Å². The lowest BCUT2D eigenvalue weighted by atomic mass is 10.1. The minimum absolute atomic E-state index is 0.244. The number of furan rings is 1. The molecule has 1 N–H and O–H groups in total. The molecule has 28 heavy (non-hydrogen) atoms. The maximum atomic E-state index is 13.0. The first kappa shape index (κ1) is 18.2. The summed E-state index contributed by atoms with van der Waals surface area (Å²) in [6, 6.07) is 24.8. The van der Waals surface area contributed by atoms with Crippen molar-refractivity contribution in [3.63, 3.8) is 0 Å². The summed E-state index contributed by atoms with van der Waals surface area (Å²) < 4.78 is 11.8. The molecule has 4 nitrogen and oxygen atoms in total. The summed E-state index contributed by atoms with van der Waals surface area (Å²) in [5, 5.41) is 3.84.